The first-order valence-electron chi connectivity index (χ1n) is 6.65. The minimum absolute atomic E-state index is 0.268. The van der Waals surface area contributed by atoms with Crippen molar-refractivity contribution in [1.29, 1.82) is 0 Å². The molecular formula is C15H19N3O2. The van der Waals surface area contributed by atoms with Gasteiger partial charge in [0, 0.05) is 11.6 Å². The van der Waals surface area contributed by atoms with Gasteiger partial charge in [-0.1, -0.05) is 19.9 Å². The van der Waals surface area contributed by atoms with E-state index in [1.165, 1.54) is 0 Å². The number of aryl methyl sites for hydroxylation is 1. The molecule has 0 bridgehead atoms. The maximum atomic E-state index is 5.96. The minimum Gasteiger partial charge on any atom is -0.497 e. The number of benzene rings is 1. The van der Waals surface area contributed by atoms with Crippen LogP contribution in [-0.4, -0.2) is 17.1 Å². The fourth-order valence-corrected chi connectivity index (χ4v) is 2.02. The van der Waals surface area contributed by atoms with Gasteiger partial charge in [-0.2, -0.15) is 9.97 Å². The number of nitrogen functional groups attached to an aromatic ring is 1. The summed E-state index contributed by atoms with van der Waals surface area (Å²) in [4.78, 5) is 8.63. The largest absolute Gasteiger partial charge is 0.497 e. The fraction of sp³-hybridized carbons (Fsp3) is 0.333. The van der Waals surface area contributed by atoms with Crippen LogP contribution in [0.3, 0.4) is 0 Å². The third kappa shape index (κ3) is 2.99. The van der Waals surface area contributed by atoms with E-state index < -0.39 is 0 Å². The second kappa shape index (κ2) is 6.23. The van der Waals surface area contributed by atoms with Crippen molar-refractivity contribution < 1.29 is 9.47 Å². The van der Waals surface area contributed by atoms with Gasteiger partial charge < -0.3 is 15.2 Å². The minimum atomic E-state index is 0.268. The lowest BCUT2D eigenvalue weighted by Crippen LogP contribution is -2.06. The molecule has 0 aliphatic heterocycles. The molecule has 0 saturated heterocycles. The molecule has 0 aliphatic rings. The summed E-state index contributed by atoms with van der Waals surface area (Å²) in [5, 5.41) is 0. The lowest BCUT2D eigenvalue weighted by Gasteiger charge is -2.11. The van der Waals surface area contributed by atoms with Crippen molar-refractivity contribution in [2.45, 2.75) is 26.7 Å². The first kappa shape index (κ1) is 14.1. The zero-order valence-corrected chi connectivity index (χ0v) is 12.0. The highest BCUT2D eigenvalue weighted by atomic mass is 16.5. The molecule has 0 unspecified atom stereocenters. The van der Waals surface area contributed by atoms with Crippen LogP contribution in [-0.2, 0) is 12.8 Å². The lowest BCUT2D eigenvalue weighted by molar-refractivity contribution is 0.404. The first-order chi connectivity index (χ1) is 9.67. The Balaban J connectivity index is 2.31. The Morgan fingerprint density at radius 2 is 1.85 bits per heavy atom. The summed E-state index contributed by atoms with van der Waals surface area (Å²) in [7, 11) is 1.61. The highest BCUT2D eigenvalue weighted by molar-refractivity contribution is 5.44. The van der Waals surface area contributed by atoms with Crippen LogP contribution in [0.2, 0.25) is 0 Å². The summed E-state index contributed by atoms with van der Waals surface area (Å²) in [6.07, 6.45) is 1.61. The van der Waals surface area contributed by atoms with Crippen LogP contribution in [0.4, 0.5) is 5.82 Å². The molecule has 0 spiro atoms. The van der Waals surface area contributed by atoms with Gasteiger partial charge in [0.05, 0.1) is 12.8 Å². The van der Waals surface area contributed by atoms with E-state index >= 15 is 0 Å². The van der Waals surface area contributed by atoms with Crippen LogP contribution < -0.4 is 15.2 Å². The fourth-order valence-electron chi connectivity index (χ4n) is 2.02. The summed E-state index contributed by atoms with van der Waals surface area (Å²) >= 11 is 0. The molecule has 0 saturated carbocycles. The van der Waals surface area contributed by atoms with Gasteiger partial charge in [-0.25, -0.2) is 0 Å². The number of rotatable bonds is 5. The molecule has 20 heavy (non-hydrogen) atoms. The quantitative estimate of drug-likeness (QED) is 0.906. The van der Waals surface area contributed by atoms with Gasteiger partial charge in [0.15, 0.2) is 0 Å². The van der Waals surface area contributed by atoms with Crippen LogP contribution in [0.25, 0.3) is 0 Å². The van der Waals surface area contributed by atoms with E-state index in [-0.39, 0.29) is 6.01 Å². The number of aromatic nitrogens is 2. The van der Waals surface area contributed by atoms with Crippen LogP contribution in [0.1, 0.15) is 25.1 Å². The highest BCUT2D eigenvalue weighted by Gasteiger charge is 2.11. The smallest absolute Gasteiger partial charge is 0.324 e. The zero-order chi connectivity index (χ0) is 14.5. The van der Waals surface area contributed by atoms with Crippen molar-refractivity contribution in [3.8, 4) is 17.5 Å². The van der Waals surface area contributed by atoms with E-state index in [0.29, 0.717) is 11.6 Å². The number of hydrogen-bond donors (Lipinski definition) is 1. The topological polar surface area (TPSA) is 70.3 Å². The number of nitrogens with two attached hydrogens (primary N) is 1. The Morgan fingerprint density at radius 1 is 1.10 bits per heavy atom. The second-order valence-electron chi connectivity index (χ2n) is 4.30. The maximum absolute atomic E-state index is 5.96. The summed E-state index contributed by atoms with van der Waals surface area (Å²) in [5.41, 5.74) is 7.88. The summed E-state index contributed by atoms with van der Waals surface area (Å²) in [6, 6.07) is 7.56. The Labute approximate surface area is 118 Å². The molecule has 106 valence electrons. The molecule has 5 heteroatoms. The number of nitrogens with zero attached hydrogens (tertiary/aromatic N) is 2. The van der Waals surface area contributed by atoms with Gasteiger partial charge in [0.1, 0.15) is 17.3 Å². The molecule has 1 heterocycles. The second-order valence-corrected chi connectivity index (χ2v) is 4.30. The van der Waals surface area contributed by atoms with E-state index in [9.17, 15) is 0 Å². The predicted molar refractivity (Wildman–Crippen MR) is 78.3 cm³/mol. The molecule has 0 radical (unpaired) electrons. The molecule has 0 fully saturated rings. The normalized spacial score (nSPS) is 10.3. The lowest BCUT2D eigenvalue weighted by atomic mass is 10.1. The number of methoxy groups -OCH3 is 1. The van der Waals surface area contributed by atoms with Crippen LogP contribution in [0.15, 0.2) is 24.3 Å². The average Bonchev–Trinajstić information content (AvgIpc) is 2.46. The molecular weight excluding hydrogens is 254 g/mol. The van der Waals surface area contributed by atoms with Crippen LogP contribution >= 0.6 is 0 Å². The molecule has 0 atom stereocenters. The molecule has 2 rings (SSSR count). The predicted octanol–water partition coefficient (Wildman–Crippen LogP) is 2.98. The van der Waals surface area contributed by atoms with Crippen molar-refractivity contribution in [1.82, 2.24) is 9.97 Å². The number of hydrogen-bond acceptors (Lipinski definition) is 5. The third-order valence-electron chi connectivity index (χ3n) is 3.04. The molecule has 2 aromatic rings. The summed E-state index contributed by atoms with van der Waals surface area (Å²) < 4.78 is 10.8. The van der Waals surface area contributed by atoms with E-state index in [4.69, 9.17) is 15.2 Å². The van der Waals surface area contributed by atoms with Crippen molar-refractivity contribution >= 4 is 5.82 Å². The molecule has 1 aromatic heterocycles. The Morgan fingerprint density at radius 3 is 2.50 bits per heavy atom. The summed E-state index contributed by atoms with van der Waals surface area (Å²) in [5.74, 6) is 1.82. The van der Waals surface area contributed by atoms with Crippen molar-refractivity contribution in [2.75, 3.05) is 12.8 Å². The third-order valence-corrected chi connectivity index (χ3v) is 3.04. The Bertz CT molecular complexity index is 600. The Kier molecular flexibility index (Phi) is 4.40. The molecule has 0 amide bonds. The van der Waals surface area contributed by atoms with Gasteiger partial charge in [0.2, 0.25) is 0 Å². The average molecular weight is 273 g/mol. The van der Waals surface area contributed by atoms with Crippen molar-refractivity contribution in [3.63, 3.8) is 0 Å². The molecule has 0 aliphatic carbocycles. The van der Waals surface area contributed by atoms with E-state index in [2.05, 4.69) is 9.97 Å². The molecule has 1 aromatic carbocycles. The van der Waals surface area contributed by atoms with Gasteiger partial charge in [-0.05, 0) is 25.0 Å². The van der Waals surface area contributed by atoms with Crippen molar-refractivity contribution in [3.05, 3.63) is 35.5 Å². The zero-order valence-electron chi connectivity index (χ0n) is 12.0. The van der Waals surface area contributed by atoms with Crippen molar-refractivity contribution in [2.24, 2.45) is 0 Å². The summed E-state index contributed by atoms with van der Waals surface area (Å²) in [6.45, 7) is 4.08. The first-order valence-corrected chi connectivity index (χ1v) is 6.65. The van der Waals surface area contributed by atoms with Crippen LogP contribution in [0, 0.1) is 0 Å². The van der Waals surface area contributed by atoms with Gasteiger partial charge >= 0.3 is 6.01 Å². The van der Waals surface area contributed by atoms with Gasteiger partial charge in [-0.15, -0.1) is 0 Å². The molecule has 5 nitrogen and oxygen atoms in total. The monoisotopic (exact) mass is 273 g/mol. The van der Waals surface area contributed by atoms with E-state index in [0.717, 1.165) is 29.8 Å². The maximum Gasteiger partial charge on any atom is 0.324 e. The highest BCUT2D eigenvalue weighted by Crippen LogP contribution is 2.25. The molecule has 2 N–H and O–H groups in total. The Hall–Kier alpha value is -2.30. The SMILES string of the molecule is CCc1nc(Oc2cccc(OC)c2)nc(N)c1CC. The van der Waals surface area contributed by atoms with Gasteiger partial charge in [0.25, 0.3) is 0 Å². The number of ether oxygens (including phenoxy) is 2. The van der Waals surface area contributed by atoms with Crippen LogP contribution in [0.5, 0.6) is 17.5 Å². The van der Waals surface area contributed by atoms with E-state index in [1.807, 2.05) is 32.0 Å². The standard InChI is InChI=1S/C15H19N3O2/c1-4-12-13(5-2)17-15(18-14(12)16)20-11-8-6-7-10(9-11)19-3/h6-9H,4-5H2,1-3H3,(H2,16,17,18). The van der Waals surface area contributed by atoms with E-state index in [1.54, 1.807) is 13.2 Å². The van der Waals surface area contributed by atoms with Gasteiger partial charge in [-0.3, -0.25) is 0 Å². The number of anilines is 1.